The molecule has 1 heterocycles. The van der Waals surface area contributed by atoms with E-state index >= 15 is 0 Å². The van der Waals surface area contributed by atoms with Crippen LogP contribution in [0.3, 0.4) is 0 Å². The molecule has 0 aliphatic heterocycles. The van der Waals surface area contributed by atoms with Crippen LogP contribution in [-0.4, -0.2) is 11.7 Å². The number of rotatable bonds is 3. The molecule has 14 heavy (non-hydrogen) atoms. The van der Waals surface area contributed by atoms with Crippen LogP contribution in [0.5, 0.6) is 0 Å². The van der Waals surface area contributed by atoms with Gasteiger partial charge in [-0.05, 0) is 35.2 Å². The van der Waals surface area contributed by atoms with Gasteiger partial charge in [0.2, 0.25) is 0 Å². The molecule has 2 rings (SSSR count). The van der Waals surface area contributed by atoms with Crippen LogP contribution >= 0.6 is 11.3 Å². The van der Waals surface area contributed by atoms with E-state index in [-0.39, 0.29) is 11.5 Å². The fourth-order valence-electron chi connectivity index (χ4n) is 2.45. The number of aliphatic hydroxyl groups excluding tert-OH is 1. The lowest BCUT2D eigenvalue weighted by Crippen LogP contribution is -2.33. The van der Waals surface area contributed by atoms with Gasteiger partial charge < -0.3 is 10.8 Å². The van der Waals surface area contributed by atoms with E-state index in [9.17, 15) is 5.11 Å². The van der Waals surface area contributed by atoms with Gasteiger partial charge in [0.05, 0.1) is 6.10 Å². The van der Waals surface area contributed by atoms with Crippen molar-refractivity contribution < 1.29 is 5.11 Å². The number of thiophene rings is 1. The largest absolute Gasteiger partial charge is 0.388 e. The first-order valence-electron chi connectivity index (χ1n) is 5.19. The smallest absolute Gasteiger partial charge is 0.0866 e. The monoisotopic (exact) mass is 211 g/mol. The Kier molecular flexibility index (Phi) is 2.91. The molecule has 2 nitrogen and oxygen atoms in total. The Bertz CT molecular complexity index is 277. The van der Waals surface area contributed by atoms with Crippen molar-refractivity contribution >= 4 is 11.3 Å². The highest BCUT2D eigenvalue weighted by Gasteiger charge is 2.40. The van der Waals surface area contributed by atoms with Crippen LogP contribution in [0.2, 0.25) is 0 Å². The molecular formula is C11H17NOS. The van der Waals surface area contributed by atoms with Crippen molar-refractivity contribution in [3.63, 3.8) is 0 Å². The molecule has 1 saturated carbocycles. The first kappa shape index (κ1) is 10.1. The third kappa shape index (κ3) is 1.60. The maximum Gasteiger partial charge on any atom is 0.0866 e. The Balaban J connectivity index is 2.19. The number of aliphatic hydroxyl groups is 1. The minimum Gasteiger partial charge on any atom is -0.388 e. The predicted octanol–water partition coefficient (Wildman–Crippen LogP) is 2.30. The number of hydrogen-bond acceptors (Lipinski definition) is 3. The van der Waals surface area contributed by atoms with Crippen LogP contribution in [0.1, 0.15) is 37.4 Å². The van der Waals surface area contributed by atoms with E-state index in [2.05, 4.69) is 0 Å². The highest BCUT2D eigenvalue weighted by atomic mass is 32.1. The molecule has 0 bridgehead atoms. The number of hydrogen-bond donors (Lipinski definition) is 2. The molecule has 1 aliphatic rings. The molecule has 1 fully saturated rings. The minimum absolute atomic E-state index is 0.0406. The third-order valence-corrected chi connectivity index (χ3v) is 4.15. The van der Waals surface area contributed by atoms with E-state index in [0.29, 0.717) is 6.54 Å². The maximum atomic E-state index is 10.3. The van der Waals surface area contributed by atoms with Gasteiger partial charge in [-0.2, -0.15) is 11.3 Å². The lowest BCUT2D eigenvalue weighted by atomic mass is 9.78. The SMILES string of the molecule is NCC1(C(O)c2ccsc2)CCCC1. The van der Waals surface area contributed by atoms with Crippen LogP contribution in [0, 0.1) is 5.41 Å². The molecule has 3 N–H and O–H groups in total. The van der Waals surface area contributed by atoms with Crippen LogP contribution < -0.4 is 5.73 Å². The Hall–Kier alpha value is -0.380. The van der Waals surface area contributed by atoms with E-state index in [4.69, 9.17) is 5.73 Å². The fraction of sp³-hybridized carbons (Fsp3) is 0.636. The molecule has 1 aromatic heterocycles. The van der Waals surface area contributed by atoms with Crippen molar-refractivity contribution in [3.05, 3.63) is 22.4 Å². The molecule has 0 amide bonds. The van der Waals surface area contributed by atoms with Gasteiger partial charge in [0.1, 0.15) is 0 Å². The summed E-state index contributed by atoms with van der Waals surface area (Å²) >= 11 is 1.64. The molecule has 1 atom stereocenters. The number of nitrogens with two attached hydrogens (primary N) is 1. The molecule has 78 valence electrons. The summed E-state index contributed by atoms with van der Waals surface area (Å²) in [5.74, 6) is 0. The zero-order valence-corrected chi connectivity index (χ0v) is 9.09. The van der Waals surface area contributed by atoms with Gasteiger partial charge in [0, 0.05) is 12.0 Å². The molecule has 0 spiro atoms. The van der Waals surface area contributed by atoms with Crippen molar-refractivity contribution in [2.45, 2.75) is 31.8 Å². The molecular weight excluding hydrogens is 194 g/mol. The van der Waals surface area contributed by atoms with Crippen LogP contribution in [0.25, 0.3) is 0 Å². The van der Waals surface area contributed by atoms with E-state index in [1.807, 2.05) is 16.8 Å². The summed E-state index contributed by atoms with van der Waals surface area (Å²) in [5.41, 5.74) is 6.82. The van der Waals surface area contributed by atoms with E-state index < -0.39 is 0 Å². The highest BCUT2D eigenvalue weighted by Crippen LogP contribution is 2.47. The van der Waals surface area contributed by atoms with Gasteiger partial charge in [0.15, 0.2) is 0 Å². The van der Waals surface area contributed by atoms with Crippen molar-refractivity contribution in [3.8, 4) is 0 Å². The molecule has 1 unspecified atom stereocenters. The molecule has 3 heteroatoms. The van der Waals surface area contributed by atoms with Crippen molar-refractivity contribution in [2.75, 3.05) is 6.54 Å². The second kappa shape index (κ2) is 4.01. The van der Waals surface area contributed by atoms with Gasteiger partial charge >= 0.3 is 0 Å². The van der Waals surface area contributed by atoms with Crippen LogP contribution in [-0.2, 0) is 0 Å². The molecule has 1 aliphatic carbocycles. The lowest BCUT2D eigenvalue weighted by Gasteiger charge is -2.32. The summed E-state index contributed by atoms with van der Waals surface area (Å²) in [6.45, 7) is 0.601. The minimum atomic E-state index is -0.360. The standard InChI is InChI=1S/C11H17NOS/c12-8-11(4-1-2-5-11)10(13)9-3-6-14-7-9/h3,6-7,10,13H,1-2,4-5,8,12H2. The van der Waals surface area contributed by atoms with E-state index in [0.717, 1.165) is 18.4 Å². The van der Waals surface area contributed by atoms with Crippen LogP contribution in [0.15, 0.2) is 16.8 Å². The molecule has 0 radical (unpaired) electrons. The Morgan fingerprint density at radius 1 is 1.50 bits per heavy atom. The van der Waals surface area contributed by atoms with Crippen LogP contribution in [0.4, 0.5) is 0 Å². The Morgan fingerprint density at radius 3 is 2.71 bits per heavy atom. The fourth-order valence-corrected chi connectivity index (χ4v) is 3.13. The summed E-state index contributed by atoms with van der Waals surface area (Å²) in [4.78, 5) is 0. The summed E-state index contributed by atoms with van der Waals surface area (Å²) in [6.07, 6.45) is 4.19. The van der Waals surface area contributed by atoms with E-state index in [1.165, 1.54) is 12.8 Å². The van der Waals surface area contributed by atoms with Gasteiger partial charge in [-0.1, -0.05) is 12.8 Å². The average molecular weight is 211 g/mol. The Labute approximate surface area is 88.8 Å². The molecule has 1 aromatic rings. The first-order chi connectivity index (χ1) is 6.78. The summed E-state index contributed by atoms with van der Waals surface area (Å²) in [6, 6.07) is 2.01. The zero-order valence-electron chi connectivity index (χ0n) is 8.28. The Morgan fingerprint density at radius 2 is 2.21 bits per heavy atom. The van der Waals surface area contributed by atoms with Gasteiger partial charge in [0.25, 0.3) is 0 Å². The zero-order chi connectivity index (χ0) is 10.0. The van der Waals surface area contributed by atoms with Gasteiger partial charge in [-0.25, -0.2) is 0 Å². The summed E-state index contributed by atoms with van der Waals surface area (Å²) in [5, 5.41) is 14.3. The maximum absolute atomic E-state index is 10.3. The van der Waals surface area contributed by atoms with Crippen molar-refractivity contribution in [1.82, 2.24) is 0 Å². The predicted molar refractivity (Wildman–Crippen MR) is 59.2 cm³/mol. The normalized spacial score (nSPS) is 22.4. The highest BCUT2D eigenvalue weighted by molar-refractivity contribution is 7.07. The third-order valence-electron chi connectivity index (χ3n) is 3.44. The summed E-state index contributed by atoms with van der Waals surface area (Å²) < 4.78 is 0. The first-order valence-corrected chi connectivity index (χ1v) is 6.13. The average Bonchev–Trinajstić information content (AvgIpc) is 2.89. The lowest BCUT2D eigenvalue weighted by molar-refractivity contribution is 0.0336. The quantitative estimate of drug-likeness (QED) is 0.806. The van der Waals surface area contributed by atoms with Gasteiger partial charge in [-0.15, -0.1) is 0 Å². The molecule has 0 saturated heterocycles. The second-order valence-corrected chi connectivity index (χ2v) is 5.01. The molecule has 0 aromatic carbocycles. The second-order valence-electron chi connectivity index (χ2n) is 4.23. The topological polar surface area (TPSA) is 46.2 Å². The van der Waals surface area contributed by atoms with E-state index in [1.54, 1.807) is 11.3 Å². The summed E-state index contributed by atoms with van der Waals surface area (Å²) in [7, 11) is 0. The van der Waals surface area contributed by atoms with Crippen molar-refractivity contribution in [2.24, 2.45) is 11.1 Å². The van der Waals surface area contributed by atoms with Crippen molar-refractivity contribution in [1.29, 1.82) is 0 Å². The van der Waals surface area contributed by atoms with Gasteiger partial charge in [-0.3, -0.25) is 0 Å².